The lowest BCUT2D eigenvalue weighted by molar-refractivity contribution is -0.112. The minimum absolute atomic E-state index is 0.258. The maximum Gasteiger partial charge on any atom is 0.189 e. The Morgan fingerprint density at radius 2 is 2.11 bits per heavy atom. The Morgan fingerprint density at radius 3 is 2.63 bits per heavy atom. The van der Waals surface area contributed by atoms with Gasteiger partial charge in [-0.2, -0.15) is 0 Å². The zero-order valence-corrected chi connectivity index (χ0v) is 12.4. The lowest BCUT2D eigenvalue weighted by Crippen LogP contribution is -2.53. The molecule has 5 heteroatoms. The van der Waals surface area contributed by atoms with Crippen molar-refractivity contribution in [1.29, 1.82) is 5.41 Å². The molecule has 1 aliphatic rings. The van der Waals surface area contributed by atoms with Crippen LogP contribution in [0.5, 0.6) is 0 Å². The number of piperidine rings is 1. The Hall–Kier alpha value is -1.10. The van der Waals surface area contributed by atoms with E-state index in [1.165, 1.54) is 0 Å². The van der Waals surface area contributed by atoms with Gasteiger partial charge in [-0.25, -0.2) is 0 Å². The predicted octanol–water partition coefficient (Wildman–Crippen LogP) is 1.10. The standard InChI is InChI=1S/C14H28N4O/c1-11(2)8-14(3,10-19)18-13(15)17-9-12-4-6-16-7-5-12/h10-12,16H,4-9H2,1-3H3,(H3,15,17,18). The van der Waals surface area contributed by atoms with E-state index in [2.05, 4.69) is 29.8 Å². The normalized spacial score (nSPS) is 19.8. The van der Waals surface area contributed by atoms with E-state index in [0.717, 1.165) is 45.2 Å². The van der Waals surface area contributed by atoms with Crippen LogP contribution in [-0.2, 0) is 4.79 Å². The summed E-state index contributed by atoms with van der Waals surface area (Å²) in [5.41, 5.74) is -0.646. The topological polar surface area (TPSA) is 77.0 Å². The molecule has 0 bridgehead atoms. The molecule has 5 nitrogen and oxygen atoms in total. The third-order valence-corrected chi connectivity index (χ3v) is 3.53. The van der Waals surface area contributed by atoms with E-state index in [1.54, 1.807) is 0 Å². The van der Waals surface area contributed by atoms with Crippen molar-refractivity contribution >= 4 is 12.2 Å². The molecule has 0 aromatic rings. The van der Waals surface area contributed by atoms with E-state index >= 15 is 0 Å². The summed E-state index contributed by atoms with van der Waals surface area (Å²) in [6.45, 7) is 8.94. The molecule has 1 rings (SSSR count). The van der Waals surface area contributed by atoms with Gasteiger partial charge in [0, 0.05) is 6.54 Å². The van der Waals surface area contributed by atoms with Crippen LogP contribution in [0, 0.1) is 17.2 Å². The summed E-state index contributed by atoms with van der Waals surface area (Å²) in [6, 6.07) is 0. The molecule has 110 valence electrons. The lowest BCUT2D eigenvalue weighted by Gasteiger charge is -2.29. The first-order valence-electron chi connectivity index (χ1n) is 7.23. The van der Waals surface area contributed by atoms with Crippen molar-refractivity contribution in [3.8, 4) is 0 Å². The van der Waals surface area contributed by atoms with Gasteiger partial charge < -0.3 is 20.7 Å². The molecule has 1 fully saturated rings. The van der Waals surface area contributed by atoms with Gasteiger partial charge in [-0.05, 0) is 51.1 Å². The molecular weight excluding hydrogens is 240 g/mol. The summed E-state index contributed by atoms with van der Waals surface area (Å²) in [6.07, 6.45) is 3.94. The van der Waals surface area contributed by atoms with E-state index in [4.69, 9.17) is 5.41 Å². The maximum absolute atomic E-state index is 11.2. The molecule has 0 amide bonds. The molecule has 0 spiro atoms. The average Bonchev–Trinajstić information content (AvgIpc) is 2.36. The number of hydrogen-bond acceptors (Lipinski definition) is 3. The summed E-state index contributed by atoms with van der Waals surface area (Å²) in [4.78, 5) is 11.2. The molecule has 0 saturated carbocycles. The van der Waals surface area contributed by atoms with Crippen molar-refractivity contribution in [3.05, 3.63) is 0 Å². The molecular formula is C14H28N4O. The first kappa shape index (κ1) is 16.0. The Kier molecular flexibility index (Phi) is 6.28. The van der Waals surface area contributed by atoms with Gasteiger partial charge in [0.1, 0.15) is 6.29 Å². The smallest absolute Gasteiger partial charge is 0.189 e. The van der Waals surface area contributed by atoms with E-state index in [9.17, 15) is 4.79 Å². The number of hydrogen-bond donors (Lipinski definition) is 4. The van der Waals surface area contributed by atoms with Crippen molar-refractivity contribution < 1.29 is 4.79 Å². The molecule has 4 N–H and O–H groups in total. The molecule has 1 atom stereocenters. The van der Waals surface area contributed by atoms with E-state index < -0.39 is 5.54 Å². The molecule has 0 aromatic heterocycles. The minimum Gasteiger partial charge on any atom is -0.356 e. The predicted molar refractivity (Wildman–Crippen MR) is 78.4 cm³/mol. The first-order chi connectivity index (χ1) is 8.95. The van der Waals surface area contributed by atoms with Gasteiger partial charge in [0.25, 0.3) is 0 Å². The van der Waals surface area contributed by atoms with E-state index in [1.807, 2.05) is 6.92 Å². The van der Waals surface area contributed by atoms with Gasteiger partial charge in [0.15, 0.2) is 5.96 Å². The van der Waals surface area contributed by atoms with Crippen molar-refractivity contribution in [2.75, 3.05) is 19.6 Å². The fourth-order valence-corrected chi connectivity index (χ4v) is 2.64. The molecule has 0 radical (unpaired) electrons. The van der Waals surface area contributed by atoms with E-state index in [-0.39, 0.29) is 5.96 Å². The molecule has 1 saturated heterocycles. The second-order valence-electron chi connectivity index (χ2n) is 6.21. The van der Waals surface area contributed by atoms with Gasteiger partial charge in [-0.15, -0.1) is 0 Å². The molecule has 0 aromatic carbocycles. The van der Waals surface area contributed by atoms with Crippen LogP contribution >= 0.6 is 0 Å². The summed E-state index contributed by atoms with van der Waals surface area (Å²) >= 11 is 0. The Bertz CT molecular complexity index is 300. The van der Waals surface area contributed by atoms with Crippen molar-refractivity contribution in [2.45, 2.75) is 45.6 Å². The lowest BCUT2D eigenvalue weighted by atomic mass is 9.92. The fraction of sp³-hybridized carbons (Fsp3) is 0.857. The number of carbonyl (C=O) groups excluding carboxylic acids is 1. The summed E-state index contributed by atoms with van der Waals surface area (Å²) in [7, 11) is 0. The first-order valence-corrected chi connectivity index (χ1v) is 7.23. The highest BCUT2D eigenvalue weighted by Crippen LogP contribution is 2.14. The zero-order valence-electron chi connectivity index (χ0n) is 12.4. The van der Waals surface area contributed by atoms with Gasteiger partial charge in [0.05, 0.1) is 5.54 Å². The van der Waals surface area contributed by atoms with Crippen LogP contribution in [-0.4, -0.2) is 37.4 Å². The molecule has 1 heterocycles. The highest BCUT2D eigenvalue weighted by molar-refractivity contribution is 5.81. The van der Waals surface area contributed by atoms with Gasteiger partial charge >= 0.3 is 0 Å². The van der Waals surface area contributed by atoms with Gasteiger partial charge in [0.2, 0.25) is 0 Å². The van der Waals surface area contributed by atoms with Crippen LogP contribution in [0.2, 0.25) is 0 Å². The van der Waals surface area contributed by atoms with E-state index in [0.29, 0.717) is 11.8 Å². The summed E-state index contributed by atoms with van der Waals surface area (Å²) < 4.78 is 0. The van der Waals surface area contributed by atoms with Gasteiger partial charge in [-0.1, -0.05) is 13.8 Å². The van der Waals surface area contributed by atoms with Crippen LogP contribution in [0.3, 0.4) is 0 Å². The average molecular weight is 268 g/mol. The largest absolute Gasteiger partial charge is 0.356 e. The summed E-state index contributed by atoms with van der Waals surface area (Å²) in [5.74, 6) is 1.30. The zero-order chi connectivity index (χ0) is 14.3. The molecule has 19 heavy (non-hydrogen) atoms. The number of nitrogens with one attached hydrogen (secondary N) is 4. The Balaban J connectivity index is 2.33. The monoisotopic (exact) mass is 268 g/mol. The highest BCUT2D eigenvalue weighted by atomic mass is 16.1. The molecule has 1 unspecified atom stereocenters. The second-order valence-corrected chi connectivity index (χ2v) is 6.21. The van der Waals surface area contributed by atoms with Crippen LogP contribution in [0.15, 0.2) is 0 Å². The number of rotatable bonds is 6. The highest BCUT2D eigenvalue weighted by Gasteiger charge is 2.25. The maximum atomic E-state index is 11.2. The van der Waals surface area contributed by atoms with Crippen LogP contribution in [0.1, 0.15) is 40.0 Å². The van der Waals surface area contributed by atoms with Crippen molar-refractivity contribution in [1.82, 2.24) is 16.0 Å². The van der Waals surface area contributed by atoms with Gasteiger partial charge in [-0.3, -0.25) is 5.41 Å². The van der Waals surface area contributed by atoms with Crippen LogP contribution in [0.4, 0.5) is 0 Å². The molecule has 0 aliphatic carbocycles. The fourth-order valence-electron chi connectivity index (χ4n) is 2.64. The van der Waals surface area contributed by atoms with Crippen LogP contribution in [0.25, 0.3) is 0 Å². The quantitative estimate of drug-likeness (QED) is 0.330. The Morgan fingerprint density at radius 1 is 1.47 bits per heavy atom. The van der Waals surface area contributed by atoms with Crippen molar-refractivity contribution in [2.24, 2.45) is 11.8 Å². The third-order valence-electron chi connectivity index (χ3n) is 3.53. The minimum atomic E-state index is -0.646. The number of carbonyl (C=O) groups is 1. The van der Waals surface area contributed by atoms with Crippen molar-refractivity contribution in [3.63, 3.8) is 0 Å². The summed E-state index contributed by atoms with van der Waals surface area (Å²) in [5, 5.41) is 17.3. The third kappa shape index (κ3) is 6.05. The second kappa shape index (κ2) is 7.48. The van der Waals surface area contributed by atoms with Crippen LogP contribution < -0.4 is 16.0 Å². The molecule has 1 aliphatic heterocycles. The SMILES string of the molecule is CC(C)CC(C)(C=O)NC(=N)NCC1CCNCC1. The Labute approximate surface area is 116 Å². The number of aldehydes is 1. The number of guanidine groups is 1.